The van der Waals surface area contributed by atoms with Crippen LogP contribution in [0.1, 0.15) is 23.3 Å². The molecule has 0 aliphatic carbocycles. The Kier molecular flexibility index (Phi) is 5.90. The largest absolute Gasteiger partial charge is 0.355 e. The van der Waals surface area contributed by atoms with Gasteiger partial charge < -0.3 is 16.0 Å². The SMILES string of the molecule is NCCNC(=O)C1CCCN(C(=O)c2cc(-c3ccc(Cl)cc3)n[nH]2)C1. The molecule has 4 N–H and O–H groups in total. The fourth-order valence-electron chi connectivity index (χ4n) is 3.09. The van der Waals surface area contributed by atoms with Gasteiger partial charge in [0.1, 0.15) is 5.69 Å². The van der Waals surface area contributed by atoms with Gasteiger partial charge in [-0.05, 0) is 31.0 Å². The van der Waals surface area contributed by atoms with Gasteiger partial charge in [0.05, 0.1) is 11.6 Å². The lowest BCUT2D eigenvalue weighted by Gasteiger charge is -2.31. The molecule has 2 amide bonds. The molecule has 1 atom stereocenters. The molecule has 1 aromatic carbocycles. The highest BCUT2D eigenvalue weighted by Crippen LogP contribution is 2.22. The first-order valence-corrected chi connectivity index (χ1v) is 9.04. The molecule has 1 aromatic heterocycles. The average Bonchev–Trinajstić information content (AvgIpc) is 3.16. The Bertz CT molecular complexity index is 774. The van der Waals surface area contributed by atoms with Gasteiger partial charge >= 0.3 is 0 Å². The van der Waals surface area contributed by atoms with Gasteiger partial charge in [-0.25, -0.2) is 0 Å². The number of amides is 2. The quantitative estimate of drug-likeness (QED) is 0.739. The van der Waals surface area contributed by atoms with Crippen molar-refractivity contribution in [2.75, 3.05) is 26.2 Å². The molecule has 2 aromatic rings. The number of nitrogens with two attached hydrogens (primary N) is 1. The van der Waals surface area contributed by atoms with Gasteiger partial charge in [0.15, 0.2) is 0 Å². The molecule has 1 aliphatic rings. The van der Waals surface area contributed by atoms with Gasteiger partial charge in [0.25, 0.3) is 5.91 Å². The zero-order chi connectivity index (χ0) is 18.5. The van der Waals surface area contributed by atoms with Gasteiger partial charge in [0, 0.05) is 36.8 Å². The Morgan fingerprint density at radius 3 is 2.85 bits per heavy atom. The lowest BCUT2D eigenvalue weighted by Crippen LogP contribution is -2.46. The summed E-state index contributed by atoms with van der Waals surface area (Å²) in [7, 11) is 0. The summed E-state index contributed by atoms with van der Waals surface area (Å²) < 4.78 is 0. The maximum absolute atomic E-state index is 12.8. The molecular formula is C18H22ClN5O2. The van der Waals surface area contributed by atoms with Crippen molar-refractivity contribution in [3.63, 3.8) is 0 Å². The molecule has 7 nitrogen and oxygen atoms in total. The van der Waals surface area contributed by atoms with Crippen LogP contribution >= 0.6 is 11.6 Å². The van der Waals surface area contributed by atoms with Crippen LogP contribution in [0.5, 0.6) is 0 Å². The molecule has 138 valence electrons. The third-order valence-electron chi connectivity index (χ3n) is 4.47. The Morgan fingerprint density at radius 2 is 2.12 bits per heavy atom. The Hall–Kier alpha value is -2.38. The summed E-state index contributed by atoms with van der Waals surface area (Å²) in [6.07, 6.45) is 1.57. The zero-order valence-corrected chi connectivity index (χ0v) is 15.1. The summed E-state index contributed by atoms with van der Waals surface area (Å²) >= 11 is 5.90. The molecule has 1 unspecified atom stereocenters. The van der Waals surface area contributed by atoms with E-state index in [1.54, 1.807) is 23.1 Å². The topological polar surface area (TPSA) is 104 Å². The molecule has 8 heteroatoms. The summed E-state index contributed by atoms with van der Waals surface area (Å²) in [5, 5.41) is 10.5. The van der Waals surface area contributed by atoms with Crippen molar-refractivity contribution < 1.29 is 9.59 Å². The molecule has 1 fully saturated rings. The molecule has 0 bridgehead atoms. The molecule has 0 radical (unpaired) electrons. The second kappa shape index (κ2) is 8.33. The highest BCUT2D eigenvalue weighted by Gasteiger charge is 2.29. The fraction of sp³-hybridized carbons (Fsp3) is 0.389. The van der Waals surface area contributed by atoms with Crippen molar-refractivity contribution in [1.82, 2.24) is 20.4 Å². The van der Waals surface area contributed by atoms with E-state index in [1.807, 2.05) is 12.1 Å². The Balaban J connectivity index is 1.67. The number of nitrogens with zero attached hydrogens (tertiary/aromatic N) is 2. The fourth-order valence-corrected chi connectivity index (χ4v) is 3.21. The predicted octanol–water partition coefficient (Wildman–Crippen LogP) is 1.66. The number of H-pyrrole nitrogens is 1. The van der Waals surface area contributed by atoms with Crippen molar-refractivity contribution >= 4 is 23.4 Å². The van der Waals surface area contributed by atoms with Crippen LogP contribution in [0.2, 0.25) is 5.02 Å². The van der Waals surface area contributed by atoms with E-state index in [9.17, 15) is 9.59 Å². The number of aromatic amines is 1. The van der Waals surface area contributed by atoms with Crippen molar-refractivity contribution in [3.05, 3.63) is 41.0 Å². The van der Waals surface area contributed by atoms with E-state index in [1.165, 1.54) is 0 Å². The molecule has 3 rings (SSSR count). The molecular weight excluding hydrogens is 354 g/mol. The van der Waals surface area contributed by atoms with E-state index >= 15 is 0 Å². The minimum absolute atomic E-state index is 0.0422. The molecule has 0 spiro atoms. The number of carbonyl (C=O) groups is 2. The summed E-state index contributed by atoms with van der Waals surface area (Å²) in [6.45, 7) is 1.90. The number of likely N-dealkylation sites (tertiary alicyclic amines) is 1. The first kappa shape index (κ1) is 18.4. The number of piperidine rings is 1. The van der Waals surface area contributed by atoms with Crippen LogP contribution in [0.3, 0.4) is 0 Å². The van der Waals surface area contributed by atoms with E-state index in [0.29, 0.717) is 42.6 Å². The van der Waals surface area contributed by atoms with Gasteiger partial charge in [-0.1, -0.05) is 23.7 Å². The van der Waals surface area contributed by atoms with Gasteiger partial charge in [-0.2, -0.15) is 5.10 Å². The van der Waals surface area contributed by atoms with Crippen LogP contribution in [-0.2, 0) is 4.79 Å². The number of benzene rings is 1. The predicted molar refractivity (Wildman–Crippen MR) is 99.7 cm³/mol. The third kappa shape index (κ3) is 4.23. The standard InChI is InChI=1S/C18H22ClN5O2/c19-14-5-3-12(4-6-14)15-10-16(23-22-15)18(26)24-9-1-2-13(11-24)17(25)21-8-7-20/h3-6,10,13H,1-2,7-9,11,20H2,(H,21,25)(H,22,23). The van der Waals surface area contributed by atoms with Gasteiger partial charge in [-0.3, -0.25) is 14.7 Å². The monoisotopic (exact) mass is 375 g/mol. The van der Waals surface area contributed by atoms with Crippen LogP contribution in [0, 0.1) is 5.92 Å². The average molecular weight is 376 g/mol. The highest BCUT2D eigenvalue weighted by atomic mass is 35.5. The zero-order valence-electron chi connectivity index (χ0n) is 14.4. The van der Waals surface area contributed by atoms with Crippen LogP contribution in [-0.4, -0.2) is 53.1 Å². The number of nitrogens with one attached hydrogen (secondary N) is 2. The van der Waals surface area contributed by atoms with Crippen LogP contribution in [0.25, 0.3) is 11.3 Å². The minimum atomic E-state index is -0.196. The second-order valence-corrected chi connectivity index (χ2v) is 6.78. The number of carbonyl (C=O) groups excluding carboxylic acids is 2. The van der Waals surface area contributed by atoms with E-state index in [0.717, 1.165) is 18.4 Å². The van der Waals surface area contributed by atoms with Crippen LogP contribution < -0.4 is 11.1 Å². The van der Waals surface area contributed by atoms with Gasteiger partial charge in [0.2, 0.25) is 5.91 Å². The Morgan fingerprint density at radius 1 is 1.35 bits per heavy atom. The number of hydrogen-bond acceptors (Lipinski definition) is 4. The second-order valence-electron chi connectivity index (χ2n) is 6.34. The third-order valence-corrected chi connectivity index (χ3v) is 4.72. The van der Waals surface area contributed by atoms with Crippen molar-refractivity contribution in [3.8, 4) is 11.3 Å². The van der Waals surface area contributed by atoms with E-state index < -0.39 is 0 Å². The number of rotatable bonds is 5. The number of halogens is 1. The molecule has 2 heterocycles. The van der Waals surface area contributed by atoms with Crippen LogP contribution in [0.4, 0.5) is 0 Å². The Labute approximate surface area is 156 Å². The summed E-state index contributed by atoms with van der Waals surface area (Å²) in [5.74, 6) is -0.383. The van der Waals surface area contributed by atoms with Crippen molar-refractivity contribution in [2.24, 2.45) is 11.7 Å². The normalized spacial score (nSPS) is 17.2. The lowest BCUT2D eigenvalue weighted by molar-refractivity contribution is -0.126. The molecule has 1 aliphatic heterocycles. The molecule has 26 heavy (non-hydrogen) atoms. The maximum Gasteiger partial charge on any atom is 0.271 e. The summed E-state index contributed by atoms with van der Waals surface area (Å²) in [4.78, 5) is 26.6. The summed E-state index contributed by atoms with van der Waals surface area (Å²) in [6, 6.07) is 8.99. The van der Waals surface area contributed by atoms with Crippen molar-refractivity contribution in [2.45, 2.75) is 12.8 Å². The molecule has 1 saturated heterocycles. The number of aromatic nitrogens is 2. The maximum atomic E-state index is 12.8. The lowest BCUT2D eigenvalue weighted by atomic mass is 9.97. The number of hydrogen-bond donors (Lipinski definition) is 3. The van der Waals surface area contributed by atoms with Gasteiger partial charge in [-0.15, -0.1) is 0 Å². The van der Waals surface area contributed by atoms with E-state index in [2.05, 4.69) is 15.5 Å². The first-order chi connectivity index (χ1) is 12.6. The van der Waals surface area contributed by atoms with Crippen molar-refractivity contribution in [1.29, 1.82) is 0 Å². The van der Waals surface area contributed by atoms with E-state index in [-0.39, 0.29) is 17.7 Å². The minimum Gasteiger partial charge on any atom is -0.355 e. The first-order valence-electron chi connectivity index (χ1n) is 8.67. The molecule has 0 saturated carbocycles. The van der Waals surface area contributed by atoms with Crippen LogP contribution in [0.15, 0.2) is 30.3 Å². The summed E-state index contributed by atoms with van der Waals surface area (Å²) in [5.41, 5.74) is 7.39. The van der Waals surface area contributed by atoms with E-state index in [4.69, 9.17) is 17.3 Å². The highest BCUT2D eigenvalue weighted by molar-refractivity contribution is 6.30. The smallest absolute Gasteiger partial charge is 0.271 e.